The van der Waals surface area contributed by atoms with Crippen LogP contribution in [0.2, 0.25) is 0 Å². The molecule has 1 heterocycles. The van der Waals surface area contributed by atoms with Gasteiger partial charge in [0.15, 0.2) is 0 Å². The van der Waals surface area contributed by atoms with Crippen LogP contribution >= 0.6 is 12.4 Å². The predicted molar refractivity (Wildman–Crippen MR) is 85.0 cm³/mol. The van der Waals surface area contributed by atoms with Gasteiger partial charge in [-0.3, -0.25) is 4.79 Å². The van der Waals surface area contributed by atoms with Crippen molar-refractivity contribution in [3.63, 3.8) is 0 Å². The van der Waals surface area contributed by atoms with Crippen molar-refractivity contribution >= 4 is 18.3 Å². The third kappa shape index (κ3) is 4.80. The summed E-state index contributed by atoms with van der Waals surface area (Å²) in [5.41, 5.74) is 7.06. The number of hydrogen-bond donors (Lipinski definition) is 1. The second-order valence-corrected chi connectivity index (χ2v) is 5.58. The van der Waals surface area contributed by atoms with Crippen molar-refractivity contribution in [1.29, 1.82) is 0 Å². The monoisotopic (exact) mass is 296 g/mol. The van der Waals surface area contributed by atoms with Crippen LogP contribution in [0.15, 0.2) is 30.3 Å². The molecular formula is C16H25ClN2O. The van der Waals surface area contributed by atoms with Gasteiger partial charge in [0.25, 0.3) is 0 Å². The van der Waals surface area contributed by atoms with E-state index in [2.05, 4.69) is 30.3 Å². The number of aryl methyl sites for hydroxylation is 1. The maximum absolute atomic E-state index is 11.8. The summed E-state index contributed by atoms with van der Waals surface area (Å²) >= 11 is 0. The molecule has 0 bridgehead atoms. The lowest BCUT2D eigenvalue weighted by Gasteiger charge is -2.33. The van der Waals surface area contributed by atoms with Crippen LogP contribution in [0, 0.1) is 5.92 Å². The van der Waals surface area contributed by atoms with Crippen molar-refractivity contribution in [2.45, 2.75) is 38.6 Å². The summed E-state index contributed by atoms with van der Waals surface area (Å²) in [7, 11) is 0. The highest BCUT2D eigenvalue weighted by Crippen LogP contribution is 2.22. The summed E-state index contributed by atoms with van der Waals surface area (Å²) in [4.78, 5) is 13.7. The SMILES string of the molecule is CC(N)C(=O)N1CCC(CCc2ccccc2)CC1.Cl. The molecule has 20 heavy (non-hydrogen) atoms. The minimum Gasteiger partial charge on any atom is -0.341 e. The fourth-order valence-electron chi connectivity index (χ4n) is 2.75. The number of rotatable bonds is 4. The number of carbonyl (C=O) groups excluding carboxylic acids is 1. The first-order valence-corrected chi connectivity index (χ1v) is 7.25. The summed E-state index contributed by atoms with van der Waals surface area (Å²) in [6.45, 7) is 3.52. The van der Waals surface area contributed by atoms with E-state index in [0.717, 1.165) is 38.3 Å². The van der Waals surface area contributed by atoms with Gasteiger partial charge in [-0.2, -0.15) is 0 Å². The lowest BCUT2D eigenvalue weighted by molar-refractivity contribution is -0.133. The number of carbonyl (C=O) groups is 1. The second kappa shape index (κ2) is 8.28. The van der Waals surface area contributed by atoms with E-state index < -0.39 is 0 Å². The van der Waals surface area contributed by atoms with Gasteiger partial charge in [0.2, 0.25) is 5.91 Å². The van der Waals surface area contributed by atoms with Crippen LogP contribution < -0.4 is 5.73 Å². The highest BCUT2D eigenvalue weighted by molar-refractivity contribution is 5.85. The molecule has 1 atom stereocenters. The quantitative estimate of drug-likeness (QED) is 0.928. The first kappa shape index (κ1) is 17.0. The Balaban J connectivity index is 0.00000200. The van der Waals surface area contributed by atoms with Gasteiger partial charge >= 0.3 is 0 Å². The van der Waals surface area contributed by atoms with Crippen LogP contribution in [0.1, 0.15) is 31.7 Å². The normalized spacial score (nSPS) is 17.4. The molecule has 0 aromatic heterocycles. The third-order valence-electron chi connectivity index (χ3n) is 4.00. The summed E-state index contributed by atoms with van der Waals surface area (Å²) in [6.07, 6.45) is 4.60. The number of hydrogen-bond acceptors (Lipinski definition) is 2. The summed E-state index contributed by atoms with van der Waals surface area (Å²) in [5, 5.41) is 0. The van der Waals surface area contributed by atoms with Crippen LogP contribution in [0.4, 0.5) is 0 Å². The smallest absolute Gasteiger partial charge is 0.239 e. The Bertz CT molecular complexity index is 400. The highest BCUT2D eigenvalue weighted by atomic mass is 35.5. The van der Waals surface area contributed by atoms with Crippen molar-refractivity contribution in [3.8, 4) is 0 Å². The molecule has 0 saturated carbocycles. The standard InChI is InChI=1S/C16H24N2O.ClH/c1-13(17)16(19)18-11-9-15(10-12-18)8-7-14-5-3-2-4-6-14;/h2-6,13,15H,7-12,17H2,1H3;1H. The molecular weight excluding hydrogens is 272 g/mol. The van der Waals surface area contributed by atoms with Crippen LogP contribution in [0.25, 0.3) is 0 Å². The molecule has 0 radical (unpaired) electrons. The van der Waals surface area contributed by atoms with E-state index in [9.17, 15) is 4.79 Å². The Labute approximate surface area is 127 Å². The van der Waals surface area contributed by atoms with Crippen molar-refractivity contribution < 1.29 is 4.79 Å². The fraction of sp³-hybridized carbons (Fsp3) is 0.562. The second-order valence-electron chi connectivity index (χ2n) is 5.58. The topological polar surface area (TPSA) is 46.3 Å². The Morgan fingerprint density at radius 2 is 1.90 bits per heavy atom. The van der Waals surface area contributed by atoms with E-state index in [4.69, 9.17) is 5.73 Å². The predicted octanol–water partition coefficient (Wildman–Crippen LogP) is 2.63. The molecule has 0 aliphatic carbocycles. The number of nitrogens with zero attached hydrogens (tertiary/aromatic N) is 1. The number of amides is 1. The van der Waals surface area contributed by atoms with E-state index in [0.29, 0.717) is 0 Å². The van der Waals surface area contributed by atoms with E-state index in [1.807, 2.05) is 4.90 Å². The molecule has 1 fully saturated rings. The van der Waals surface area contributed by atoms with Crippen molar-refractivity contribution in [3.05, 3.63) is 35.9 Å². The minimum atomic E-state index is -0.360. The van der Waals surface area contributed by atoms with E-state index in [-0.39, 0.29) is 24.4 Å². The number of likely N-dealkylation sites (tertiary alicyclic amines) is 1. The molecule has 4 heteroatoms. The molecule has 1 aliphatic rings. The maximum Gasteiger partial charge on any atom is 0.239 e. The van der Waals surface area contributed by atoms with Gasteiger partial charge in [-0.25, -0.2) is 0 Å². The largest absolute Gasteiger partial charge is 0.341 e. The van der Waals surface area contributed by atoms with Crippen molar-refractivity contribution in [1.82, 2.24) is 4.90 Å². The number of benzene rings is 1. The Morgan fingerprint density at radius 1 is 1.30 bits per heavy atom. The summed E-state index contributed by atoms with van der Waals surface area (Å²) < 4.78 is 0. The molecule has 1 aliphatic heterocycles. The molecule has 2 N–H and O–H groups in total. The van der Waals surface area contributed by atoms with Gasteiger partial charge in [0, 0.05) is 13.1 Å². The van der Waals surface area contributed by atoms with Gasteiger partial charge in [-0.1, -0.05) is 30.3 Å². The zero-order valence-electron chi connectivity index (χ0n) is 12.1. The Kier molecular flexibility index (Phi) is 7.03. The van der Waals surface area contributed by atoms with Crippen molar-refractivity contribution in [2.24, 2.45) is 11.7 Å². The maximum atomic E-state index is 11.8. The highest BCUT2D eigenvalue weighted by Gasteiger charge is 2.24. The third-order valence-corrected chi connectivity index (χ3v) is 4.00. The number of nitrogens with two attached hydrogens (primary N) is 1. The molecule has 1 amide bonds. The zero-order chi connectivity index (χ0) is 13.7. The van der Waals surface area contributed by atoms with Crippen molar-refractivity contribution in [2.75, 3.05) is 13.1 Å². The van der Waals surface area contributed by atoms with Crippen LogP contribution in [-0.4, -0.2) is 29.9 Å². The molecule has 2 rings (SSSR count). The summed E-state index contributed by atoms with van der Waals surface area (Å²) in [6, 6.07) is 10.3. The van der Waals surface area contributed by atoms with Gasteiger partial charge in [0.1, 0.15) is 0 Å². The average molecular weight is 297 g/mol. The van der Waals surface area contributed by atoms with Crippen LogP contribution in [0.3, 0.4) is 0 Å². The molecule has 3 nitrogen and oxygen atoms in total. The van der Waals surface area contributed by atoms with E-state index in [1.54, 1.807) is 6.92 Å². The number of halogens is 1. The molecule has 1 aromatic rings. The Hall–Kier alpha value is -1.06. The van der Waals surface area contributed by atoms with E-state index >= 15 is 0 Å². The first-order valence-electron chi connectivity index (χ1n) is 7.25. The molecule has 1 saturated heterocycles. The van der Waals surface area contributed by atoms with E-state index in [1.165, 1.54) is 12.0 Å². The van der Waals surface area contributed by atoms with Gasteiger partial charge in [-0.15, -0.1) is 12.4 Å². The molecule has 0 spiro atoms. The lowest BCUT2D eigenvalue weighted by atomic mass is 9.90. The number of piperidine rings is 1. The molecule has 112 valence electrons. The Morgan fingerprint density at radius 3 is 2.45 bits per heavy atom. The first-order chi connectivity index (χ1) is 9.16. The van der Waals surface area contributed by atoms with Gasteiger partial charge in [0.05, 0.1) is 6.04 Å². The van der Waals surface area contributed by atoms with Crippen LogP contribution in [0.5, 0.6) is 0 Å². The zero-order valence-corrected chi connectivity index (χ0v) is 12.9. The molecule has 1 aromatic carbocycles. The lowest BCUT2D eigenvalue weighted by Crippen LogP contribution is -2.45. The average Bonchev–Trinajstić information content (AvgIpc) is 2.46. The summed E-state index contributed by atoms with van der Waals surface area (Å²) in [5.74, 6) is 0.846. The minimum absolute atomic E-state index is 0. The van der Waals surface area contributed by atoms with Crippen LogP contribution in [-0.2, 0) is 11.2 Å². The van der Waals surface area contributed by atoms with Gasteiger partial charge < -0.3 is 10.6 Å². The molecule has 1 unspecified atom stereocenters. The van der Waals surface area contributed by atoms with Gasteiger partial charge in [-0.05, 0) is 44.1 Å². The fourth-order valence-corrected chi connectivity index (χ4v) is 2.75.